The van der Waals surface area contributed by atoms with Crippen molar-refractivity contribution in [2.75, 3.05) is 26.8 Å². The molecule has 2 aromatic carbocycles. The van der Waals surface area contributed by atoms with Gasteiger partial charge in [0.25, 0.3) is 0 Å². The van der Waals surface area contributed by atoms with Crippen LogP contribution in [-0.2, 0) is 16.0 Å². The van der Waals surface area contributed by atoms with Crippen molar-refractivity contribution in [3.63, 3.8) is 0 Å². The largest absolute Gasteiger partial charge is 0.383 e. The van der Waals surface area contributed by atoms with Crippen molar-refractivity contribution in [3.8, 4) is 0 Å². The molecule has 0 spiro atoms. The zero-order valence-electron chi connectivity index (χ0n) is 13.8. The number of carbonyl (C=O) groups is 1. The van der Waals surface area contributed by atoms with Gasteiger partial charge in [-0.25, -0.2) is 0 Å². The topological polar surface area (TPSA) is 50.4 Å². The van der Waals surface area contributed by atoms with Crippen molar-refractivity contribution < 1.29 is 9.53 Å². The molecule has 0 fully saturated rings. The lowest BCUT2D eigenvalue weighted by Gasteiger charge is -2.20. The molecule has 4 nitrogen and oxygen atoms in total. The molecule has 0 saturated carbocycles. The molecule has 0 radical (unpaired) electrons. The molecule has 1 unspecified atom stereocenters. The zero-order valence-corrected chi connectivity index (χ0v) is 14.6. The lowest BCUT2D eigenvalue weighted by molar-refractivity contribution is -0.121. The number of methoxy groups -OCH3 is 1. The van der Waals surface area contributed by atoms with Crippen molar-refractivity contribution in [1.29, 1.82) is 0 Å². The van der Waals surface area contributed by atoms with Gasteiger partial charge in [0, 0.05) is 18.7 Å². The number of ether oxygens (including phenoxy) is 1. The summed E-state index contributed by atoms with van der Waals surface area (Å²) in [6.45, 7) is 1.50. The van der Waals surface area contributed by atoms with Crippen LogP contribution in [0.3, 0.4) is 0 Å². The van der Waals surface area contributed by atoms with E-state index in [-0.39, 0.29) is 18.5 Å². The number of benzene rings is 2. The fraction of sp³-hybridized carbons (Fsp3) is 0.316. The van der Waals surface area contributed by atoms with Crippen LogP contribution >= 0.6 is 11.6 Å². The van der Waals surface area contributed by atoms with Crippen LogP contribution in [0.15, 0.2) is 54.6 Å². The maximum Gasteiger partial charge on any atom is 0.234 e. The molecule has 1 amide bonds. The molecule has 0 aromatic heterocycles. The van der Waals surface area contributed by atoms with E-state index in [9.17, 15) is 4.79 Å². The SMILES string of the molecule is COCCNCC(=O)NC(Cc1ccc(Cl)cc1)c1ccccc1. The second-order valence-electron chi connectivity index (χ2n) is 5.53. The normalized spacial score (nSPS) is 11.9. The number of nitrogens with one attached hydrogen (secondary N) is 2. The average Bonchev–Trinajstić information content (AvgIpc) is 2.61. The summed E-state index contributed by atoms with van der Waals surface area (Å²) < 4.78 is 4.96. The molecule has 2 aromatic rings. The molecular weight excluding hydrogens is 324 g/mol. The Morgan fingerprint density at radius 2 is 1.83 bits per heavy atom. The second-order valence-corrected chi connectivity index (χ2v) is 5.97. The molecule has 2 rings (SSSR count). The molecular formula is C19H23ClN2O2. The summed E-state index contributed by atoms with van der Waals surface area (Å²) in [6, 6.07) is 17.6. The number of rotatable bonds is 9. The van der Waals surface area contributed by atoms with Gasteiger partial charge in [-0.1, -0.05) is 54.1 Å². The molecule has 1 atom stereocenters. The average molecular weight is 347 g/mol. The Morgan fingerprint density at radius 1 is 1.12 bits per heavy atom. The summed E-state index contributed by atoms with van der Waals surface area (Å²) in [4.78, 5) is 12.2. The van der Waals surface area contributed by atoms with Crippen LogP contribution < -0.4 is 10.6 Å². The van der Waals surface area contributed by atoms with Crippen molar-refractivity contribution in [2.45, 2.75) is 12.5 Å². The Morgan fingerprint density at radius 3 is 2.50 bits per heavy atom. The minimum atomic E-state index is -0.0795. The van der Waals surface area contributed by atoms with Gasteiger partial charge in [-0.3, -0.25) is 4.79 Å². The summed E-state index contributed by atoms with van der Waals surface area (Å²) in [7, 11) is 1.64. The molecule has 128 valence electrons. The van der Waals surface area contributed by atoms with Crippen LogP contribution in [0.2, 0.25) is 5.02 Å². The van der Waals surface area contributed by atoms with E-state index in [2.05, 4.69) is 10.6 Å². The highest BCUT2D eigenvalue weighted by atomic mass is 35.5. The Balaban J connectivity index is 2.00. The summed E-state index contributed by atoms with van der Waals surface area (Å²) in [5.41, 5.74) is 2.21. The van der Waals surface area contributed by atoms with Crippen LogP contribution in [0.4, 0.5) is 0 Å². The van der Waals surface area contributed by atoms with E-state index in [4.69, 9.17) is 16.3 Å². The van der Waals surface area contributed by atoms with E-state index in [1.54, 1.807) is 7.11 Å². The van der Waals surface area contributed by atoms with Crippen LogP contribution in [0.5, 0.6) is 0 Å². The van der Waals surface area contributed by atoms with Crippen LogP contribution in [0.1, 0.15) is 17.2 Å². The first-order chi connectivity index (χ1) is 11.7. The maximum atomic E-state index is 12.2. The van der Waals surface area contributed by atoms with Crippen molar-refractivity contribution in [2.24, 2.45) is 0 Å². The monoisotopic (exact) mass is 346 g/mol. The van der Waals surface area contributed by atoms with Gasteiger partial charge in [-0.15, -0.1) is 0 Å². The van der Waals surface area contributed by atoms with Gasteiger partial charge in [0.15, 0.2) is 0 Å². The van der Waals surface area contributed by atoms with Gasteiger partial charge >= 0.3 is 0 Å². The van der Waals surface area contributed by atoms with E-state index in [0.717, 1.165) is 11.1 Å². The zero-order chi connectivity index (χ0) is 17.2. The van der Waals surface area contributed by atoms with E-state index in [0.29, 0.717) is 24.6 Å². The van der Waals surface area contributed by atoms with Crippen LogP contribution in [0.25, 0.3) is 0 Å². The molecule has 0 aliphatic heterocycles. The number of amides is 1. The van der Waals surface area contributed by atoms with Gasteiger partial charge in [-0.05, 0) is 29.7 Å². The van der Waals surface area contributed by atoms with E-state index in [1.807, 2.05) is 54.6 Å². The number of hydrogen-bond acceptors (Lipinski definition) is 3. The van der Waals surface area contributed by atoms with Gasteiger partial charge < -0.3 is 15.4 Å². The third-order valence-electron chi connectivity index (χ3n) is 3.66. The number of halogens is 1. The van der Waals surface area contributed by atoms with Crippen LogP contribution in [-0.4, -0.2) is 32.7 Å². The van der Waals surface area contributed by atoms with Gasteiger partial charge in [0.2, 0.25) is 5.91 Å². The first kappa shape index (κ1) is 18.5. The van der Waals surface area contributed by atoms with Crippen LogP contribution in [0, 0.1) is 0 Å². The fourth-order valence-electron chi connectivity index (χ4n) is 2.42. The van der Waals surface area contributed by atoms with Crippen molar-refractivity contribution in [3.05, 3.63) is 70.7 Å². The minimum Gasteiger partial charge on any atom is -0.383 e. The highest BCUT2D eigenvalue weighted by Gasteiger charge is 2.15. The van der Waals surface area contributed by atoms with E-state index >= 15 is 0 Å². The summed E-state index contributed by atoms with van der Waals surface area (Å²) >= 11 is 5.94. The summed E-state index contributed by atoms with van der Waals surface area (Å²) in [5.74, 6) is -0.0334. The number of hydrogen-bond donors (Lipinski definition) is 2. The third kappa shape index (κ3) is 6.32. The fourth-order valence-corrected chi connectivity index (χ4v) is 2.54. The Hall–Kier alpha value is -1.88. The molecule has 5 heteroatoms. The van der Waals surface area contributed by atoms with E-state index < -0.39 is 0 Å². The molecule has 0 aliphatic carbocycles. The summed E-state index contributed by atoms with van der Waals surface area (Å²) in [5, 5.41) is 6.87. The summed E-state index contributed by atoms with van der Waals surface area (Å²) in [6.07, 6.45) is 0.713. The van der Waals surface area contributed by atoms with E-state index in [1.165, 1.54) is 0 Å². The standard InChI is InChI=1S/C19H23ClN2O2/c1-24-12-11-21-14-19(23)22-18(16-5-3-2-4-6-16)13-15-7-9-17(20)10-8-15/h2-10,18,21H,11-14H2,1H3,(H,22,23). The molecule has 24 heavy (non-hydrogen) atoms. The first-order valence-corrected chi connectivity index (χ1v) is 8.35. The van der Waals surface area contributed by atoms with Crippen molar-refractivity contribution in [1.82, 2.24) is 10.6 Å². The molecule has 2 N–H and O–H groups in total. The lowest BCUT2D eigenvalue weighted by atomic mass is 9.99. The molecule has 0 heterocycles. The van der Waals surface area contributed by atoms with Crippen molar-refractivity contribution >= 4 is 17.5 Å². The third-order valence-corrected chi connectivity index (χ3v) is 3.91. The highest BCUT2D eigenvalue weighted by Crippen LogP contribution is 2.19. The molecule has 0 saturated heterocycles. The minimum absolute atomic E-state index is 0.0334. The molecule has 0 aliphatic rings. The number of carbonyl (C=O) groups excluding carboxylic acids is 1. The smallest absolute Gasteiger partial charge is 0.234 e. The first-order valence-electron chi connectivity index (χ1n) is 7.97. The Labute approximate surface area is 148 Å². The lowest BCUT2D eigenvalue weighted by Crippen LogP contribution is -2.38. The van der Waals surface area contributed by atoms with Gasteiger partial charge in [0.05, 0.1) is 19.2 Å². The second kappa shape index (κ2) is 10.1. The Kier molecular flexibility index (Phi) is 7.75. The predicted molar refractivity (Wildman–Crippen MR) is 97.2 cm³/mol. The van der Waals surface area contributed by atoms with Gasteiger partial charge in [0.1, 0.15) is 0 Å². The Bertz CT molecular complexity index is 617. The maximum absolute atomic E-state index is 12.2. The quantitative estimate of drug-likeness (QED) is 0.686. The highest BCUT2D eigenvalue weighted by molar-refractivity contribution is 6.30. The molecule has 0 bridgehead atoms. The van der Waals surface area contributed by atoms with Gasteiger partial charge in [-0.2, -0.15) is 0 Å². The predicted octanol–water partition coefficient (Wildman–Crippen LogP) is 2.98.